The molecule has 0 aromatic heterocycles. The van der Waals surface area contributed by atoms with Crippen molar-refractivity contribution in [3.8, 4) is 17.2 Å². The second kappa shape index (κ2) is 4.70. The van der Waals surface area contributed by atoms with E-state index in [2.05, 4.69) is 0 Å². The molecule has 0 spiro atoms. The van der Waals surface area contributed by atoms with Crippen LogP contribution in [0.5, 0.6) is 17.2 Å². The first-order valence-electron chi connectivity index (χ1n) is 4.55. The summed E-state index contributed by atoms with van der Waals surface area (Å²) >= 11 is 0. The van der Waals surface area contributed by atoms with E-state index in [0.29, 0.717) is 12.0 Å². The van der Waals surface area contributed by atoms with E-state index < -0.39 is 0 Å². The minimum Gasteiger partial charge on any atom is -0.508 e. The van der Waals surface area contributed by atoms with Crippen LogP contribution in [0.25, 0.3) is 0 Å². The largest absolute Gasteiger partial charge is 0.508 e. The van der Waals surface area contributed by atoms with E-state index in [-0.39, 0.29) is 23.9 Å². The molecule has 15 heavy (non-hydrogen) atoms. The highest BCUT2D eigenvalue weighted by atomic mass is 16.3. The molecule has 82 valence electrons. The topological polar surface area (TPSA) is 80.9 Å². The number of aromatic hydroxyl groups is 3. The first-order valence-corrected chi connectivity index (χ1v) is 4.55. The van der Waals surface area contributed by atoms with Crippen molar-refractivity contribution in [2.24, 2.45) is 0 Å². The molecule has 1 aromatic carbocycles. The molecule has 0 atom stereocenters. The van der Waals surface area contributed by atoms with Gasteiger partial charge in [-0.1, -0.05) is 11.6 Å². The number of phenolic OH excluding ortho intramolecular Hbond substituents is 3. The summed E-state index contributed by atoms with van der Waals surface area (Å²) in [6.07, 6.45) is 2.01. The summed E-state index contributed by atoms with van der Waals surface area (Å²) in [5, 5.41) is 36.7. The Morgan fingerprint density at radius 2 is 1.73 bits per heavy atom. The molecule has 0 aliphatic carbocycles. The molecule has 4 N–H and O–H groups in total. The van der Waals surface area contributed by atoms with Crippen LogP contribution in [0.2, 0.25) is 0 Å². The van der Waals surface area contributed by atoms with Gasteiger partial charge in [-0.15, -0.1) is 0 Å². The third-order valence-corrected chi connectivity index (χ3v) is 2.09. The van der Waals surface area contributed by atoms with E-state index in [0.717, 1.165) is 17.7 Å². The van der Waals surface area contributed by atoms with Crippen molar-refractivity contribution in [2.75, 3.05) is 6.61 Å². The molecular formula is C11H14O4. The highest BCUT2D eigenvalue weighted by molar-refractivity contribution is 5.49. The average Bonchev–Trinajstić information content (AvgIpc) is 2.15. The number of hydrogen-bond donors (Lipinski definition) is 4. The van der Waals surface area contributed by atoms with Crippen LogP contribution in [-0.4, -0.2) is 27.0 Å². The Morgan fingerprint density at radius 3 is 2.20 bits per heavy atom. The van der Waals surface area contributed by atoms with Crippen molar-refractivity contribution >= 4 is 0 Å². The van der Waals surface area contributed by atoms with Gasteiger partial charge in [0.05, 0.1) is 6.61 Å². The molecule has 0 saturated heterocycles. The molecule has 0 heterocycles. The first-order chi connectivity index (χ1) is 7.04. The molecule has 0 unspecified atom stereocenters. The van der Waals surface area contributed by atoms with Crippen LogP contribution in [0.15, 0.2) is 23.8 Å². The zero-order chi connectivity index (χ0) is 11.4. The SMILES string of the molecule is C/C(=C\Cc1c(O)cc(O)cc1O)CO. The number of allylic oxidation sites excluding steroid dienone is 1. The lowest BCUT2D eigenvalue weighted by Gasteiger charge is -2.06. The van der Waals surface area contributed by atoms with Crippen molar-refractivity contribution in [1.82, 2.24) is 0 Å². The van der Waals surface area contributed by atoms with E-state index >= 15 is 0 Å². The smallest absolute Gasteiger partial charge is 0.126 e. The predicted octanol–water partition coefficient (Wildman–Crippen LogP) is 1.28. The molecule has 0 aliphatic heterocycles. The molecule has 4 heteroatoms. The molecule has 0 radical (unpaired) electrons. The van der Waals surface area contributed by atoms with E-state index in [4.69, 9.17) is 10.2 Å². The van der Waals surface area contributed by atoms with Crippen LogP contribution in [0.3, 0.4) is 0 Å². The van der Waals surface area contributed by atoms with Gasteiger partial charge >= 0.3 is 0 Å². The van der Waals surface area contributed by atoms with E-state index in [1.54, 1.807) is 13.0 Å². The summed E-state index contributed by atoms with van der Waals surface area (Å²) in [6, 6.07) is 2.33. The van der Waals surface area contributed by atoms with Crippen LogP contribution in [0.4, 0.5) is 0 Å². The summed E-state index contributed by atoms with van der Waals surface area (Å²) in [4.78, 5) is 0. The van der Waals surface area contributed by atoms with Gasteiger partial charge in [-0.05, 0) is 13.3 Å². The zero-order valence-electron chi connectivity index (χ0n) is 8.44. The normalized spacial score (nSPS) is 11.7. The number of rotatable bonds is 3. The van der Waals surface area contributed by atoms with Gasteiger partial charge in [-0.2, -0.15) is 0 Å². The lowest BCUT2D eigenvalue weighted by molar-refractivity contribution is 0.331. The molecular weight excluding hydrogens is 196 g/mol. The lowest BCUT2D eigenvalue weighted by atomic mass is 10.1. The molecule has 4 nitrogen and oxygen atoms in total. The van der Waals surface area contributed by atoms with Gasteiger partial charge in [0.1, 0.15) is 17.2 Å². The Labute approximate surface area is 87.7 Å². The third kappa shape index (κ3) is 2.89. The number of hydrogen-bond acceptors (Lipinski definition) is 4. The number of aliphatic hydroxyl groups is 1. The van der Waals surface area contributed by atoms with Crippen LogP contribution in [-0.2, 0) is 6.42 Å². The Kier molecular flexibility index (Phi) is 3.57. The Bertz CT molecular complexity index is 359. The Morgan fingerprint density at radius 1 is 1.20 bits per heavy atom. The van der Waals surface area contributed by atoms with Gasteiger partial charge in [0.2, 0.25) is 0 Å². The van der Waals surface area contributed by atoms with Gasteiger partial charge in [0, 0.05) is 17.7 Å². The maximum absolute atomic E-state index is 9.45. The quantitative estimate of drug-likeness (QED) is 0.566. The van der Waals surface area contributed by atoms with Crippen LogP contribution in [0, 0.1) is 0 Å². The van der Waals surface area contributed by atoms with Crippen molar-refractivity contribution in [1.29, 1.82) is 0 Å². The highest BCUT2D eigenvalue weighted by Gasteiger charge is 2.08. The van der Waals surface area contributed by atoms with Crippen LogP contribution in [0.1, 0.15) is 12.5 Å². The number of benzene rings is 1. The van der Waals surface area contributed by atoms with E-state index in [1.807, 2.05) is 0 Å². The van der Waals surface area contributed by atoms with Gasteiger partial charge in [-0.25, -0.2) is 0 Å². The van der Waals surface area contributed by atoms with Crippen LogP contribution < -0.4 is 0 Å². The molecule has 0 bridgehead atoms. The number of aliphatic hydroxyl groups excluding tert-OH is 1. The van der Waals surface area contributed by atoms with Gasteiger partial charge in [0.25, 0.3) is 0 Å². The minimum atomic E-state index is -0.184. The van der Waals surface area contributed by atoms with E-state index in [1.165, 1.54) is 0 Å². The molecule has 0 aliphatic rings. The van der Waals surface area contributed by atoms with Gasteiger partial charge in [-0.3, -0.25) is 0 Å². The van der Waals surface area contributed by atoms with Crippen molar-refractivity contribution < 1.29 is 20.4 Å². The minimum absolute atomic E-state index is 0.0559. The fraction of sp³-hybridized carbons (Fsp3) is 0.273. The summed E-state index contributed by atoms with van der Waals surface area (Å²) in [6.45, 7) is 1.69. The summed E-state index contributed by atoms with van der Waals surface area (Å²) in [7, 11) is 0. The summed E-state index contributed by atoms with van der Waals surface area (Å²) in [5.74, 6) is -0.499. The maximum Gasteiger partial charge on any atom is 0.126 e. The molecule has 1 rings (SSSR count). The lowest BCUT2D eigenvalue weighted by Crippen LogP contribution is -1.88. The second-order valence-electron chi connectivity index (χ2n) is 3.38. The monoisotopic (exact) mass is 210 g/mol. The molecule has 0 amide bonds. The molecule has 1 aromatic rings. The zero-order valence-corrected chi connectivity index (χ0v) is 8.44. The molecule has 0 saturated carbocycles. The standard InChI is InChI=1S/C11H14O4/c1-7(6-12)2-3-9-10(14)4-8(13)5-11(9)15/h2,4-5,12-15H,3,6H2,1H3/b7-2+. The van der Waals surface area contributed by atoms with Crippen molar-refractivity contribution in [3.05, 3.63) is 29.3 Å². The molecule has 0 fully saturated rings. The maximum atomic E-state index is 9.45. The third-order valence-electron chi connectivity index (χ3n) is 2.09. The summed E-state index contributed by atoms with van der Waals surface area (Å²) < 4.78 is 0. The van der Waals surface area contributed by atoms with Crippen LogP contribution >= 0.6 is 0 Å². The fourth-order valence-electron chi connectivity index (χ4n) is 1.18. The van der Waals surface area contributed by atoms with Gasteiger partial charge < -0.3 is 20.4 Å². The van der Waals surface area contributed by atoms with Crippen molar-refractivity contribution in [2.45, 2.75) is 13.3 Å². The highest BCUT2D eigenvalue weighted by Crippen LogP contribution is 2.32. The fourth-order valence-corrected chi connectivity index (χ4v) is 1.18. The Balaban J connectivity index is 2.95. The predicted molar refractivity (Wildman–Crippen MR) is 56.0 cm³/mol. The summed E-state index contributed by atoms with van der Waals surface area (Å²) in [5.41, 5.74) is 1.09. The van der Waals surface area contributed by atoms with Crippen molar-refractivity contribution in [3.63, 3.8) is 0 Å². The van der Waals surface area contributed by atoms with E-state index in [9.17, 15) is 10.2 Å². The average molecular weight is 210 g/mol. The second-order valence-corrected chi connectivity index (χ2v) is 3.38. The van der Waals surface area contributed by atoms with Gasteiger partial charge in [0.15, 0.2) is 0 Å². The Hall–Kier alpha value is -1.68. The first kappa shape index (κ1) is 11.4. The number of phenols is 3.